The van der Waals surface area contributed by atoms with Crippen LogP contribution in [0.3, 0.4) is 0 Å². The van der Waals surface area contributed by atoms with E-state index in [9.17, 15) is 0 Å². The summed E-state index contributed by atoms with van der Waals surface area (Å²) in [5.74, 6) is 0. The zero-order chi connectivity index (χ0) is 12.7. The predicted octanol–water partition coefficient (Wildman–Crippen LogP) is 3.07. The molecule has 0 heterocycles. The van der Waals surface area contributed by atoms with Gasteiger partial charge in [-0.1, -0.05) is 38.1 Å². The highest BCUT2D eigenvalue weighted by atomic mass is 14.9. The molecule has 0 aliphatic heterocycles. The molecule has 0 fully saturated rings. The molecule has 0 atom stereocenters. The van der Waals surface area contributed by atoms with Crippen LogP contribution >= 0.6 is 0 Å². The zero-order valence-corrected chi connectivity index (χ0v) is 11.6. The van der Waals surface area contributed by atoms with Gasteiger partial charge >= 0.3 is 0 Å². The van der Waals surface area contributed by atoms with Crippen molar-refractivity contribution >= 4 is 0 Å². The third-order valence-corrected chi connectivity index (χ3v) is 3.26. The van der Waals surface area contributed by atoms with E-state index in [0.717, 1.165) is 26.1 Å². The Kier molecular flexibility index (Phi) is 5.66. The van der Waals surface area contributed by atoms with Crippen molar-refractivity contribution in [3.8, 4) is 0 Å². The van der Waals surface area contributed by atoms with Crippen molar-refractivity contribution in [3.05, 3.63) is 35.4 Å². The van der Waals surface area contributed by atoms with Crippen molar-refractivity contribution in [2.75, 3.05) is 6.54 Å². The van der Waals surface area contributed by atoms with Crippen LogP contribution in [0.4, 0.5) is 0 Å². The van der Waals surface area contributed by atoms with Gasteiger partial charge in [0.2, 0.25) is 0 Å². The minimum atomic E-state index is 0.225. The van der Waals surface area contributed by atoms with Gasteiger partial charge in [0.1, 0.15) is 0 Å². The molecule has 0 bridgehead atoms. The fourth-order valence-electron chi connectivity index (χ4n) is 1.51. The van der Waals surface area contributed by atoms with Gasteiger partial charge in [-0.2, -0.15) is 0 Å². The first kappa shape index (κ1) is 14.2. The monoisotopic (exact) mass is 234 g/mol. The fraction of sp³-hybridized carbons (Fsp3) is 0.600. The maximum absolute atomic E-state index is 3.57. The molecule has 17 heavy (non-hydrogen) atoms. The molecule has 1 rings (SSSR count). The zero-order valence-electron chi connectivity index (χ0n) is 11.6. The maximum Gasteiger partial charge on any atom is 0.0210 e. The van der Waals surface area contributed by atoms with Crippen LogP contribution < -0.4 is 10.6 Å². The minimum absolute atomic E-state index is 0.225. The lowest BCUT2D eigenvalue weighted by Crippen LogP contribution is -2.37. The van der Waals surface area contributed by atoms with Crippen LogP contribution in [0.25, 0.3) is 0 Å². The highest BCUT2D eigenvalue weighted by Gasteiger charge is 2.12. The molecule has 0 saturated carbocycles. The Morgan fingerprint density at radius 2 is 1.47 bits per heavy atom. The summed E-state index contributed by atoms with van der Waals surface area (Å²) in [6.45, 7) is 11.8. The first-order valence-electron chi connectivity index (χ1n) is 6.61. The second-order valence-corrected chi connectivity index (χ2v) is 5.19. The molecule has 0 saturated heterocycles. The first-order chi connectivity index (χ1) is 8.07. The molecule has 0 radical (unpaired) electrons. The van der Waals surface area contributed by atoms with Crippen molar-refractivity contribution in [3.63, 3.8) is 0 Å². The smallest absolute Gasteiger partial charge is 0.0210 e. The molecule has 0 aliphatic rings. The molecule has 2 nitrogen and oxygen atoms in total. The van der Waals surface area contributed by atoms with E-state index in [2.05, 4.69) is 62.6 Å². The van der Waals surface area contributed by atoms with E-state index < -0.39 is 0 Å². The van der Waals surface area contributed by atoms with Gasteiger partial charge in [-0.3, -0.25) is 0 Å². The van der Waals surface area contributed by atoms with E-state index in [4.69, 9.17) is 0 Å². The Balaban J connectivity index is 2.45. The largest absolute Gasteiger partial charge is 0.313 e. The predicted molar refractivity (Wildman–Crippen MR) is 75.0 cm³/mol. The first-order valence-corrected chi connectivity index (χ1v) is 6.61. The molecular weight excluding hydrogens is 208 g/mol. The number of rotatable bonds is 7. The Morgan fingerprint density at radius 3 is 1.94 bits per heavy atom. The van der Waals surface area contributed by atoms with Gasteiger partial charge in [0.25, 0.3) is 0 Å². The molecule has 0 aromatic heterocycles. The maximum atomic E-state index is 3.57. The third kappa shape index (κ3) is 5.33. The summed E-state index contributed by atoms with van der Waals surface area (Å²) >= 11 is 0. The van der Waals surface area contributed by atoms with Crippen LogP contribution in [0.1, 0.15) is 45.2 Å². The van der Waals surface area contributed by atoms with Gasteiger partial charge in [0.05, 0.1) is 0 Å². The van der Waals surface area contributed by atoms with Crippen molar-refractivity contribution in [1.29, 1.82) is 0 Å². The topological polar surface area (TPSA) is 24.1 Å². The minimum Gasteiger partial charge on any atom is -0.313 e. The van der Waals surface area contributed by atoms with E-state index in [1.165, 1.54) is 11.1 Å². The summed E-state index contributed by atoms with van der Waals surface area (Å²) in [5, 5.41) is 6.91. The molecule has 2 N–H and O–H groups in total. The van der Waals surface area contributed by atoms with E-state index in [1.54, 1.807) is 0 Å². The number of hydrogen-bond donors (Lipinski definition) is 2. The van der Waals surface area contributed by atoms with Gasteiger partial charge in [-0.15, -0.1) is 0 Å². The molecule has 1 aromatic carbocycles. The van der Waals surface area contributed by atoms with Crippen molar-refractivity contribution in [1.82, 2.24) is 10.6 Å². The van der Waals surface area contributed by atoms with Crippen molar-refractivity contribution < 1.29 is 0 Å². The second-order valence-electron chi connectivity index (χ2n) is 5.19. The summed E-state index contributed by atoms with van der Waals surface area (Å²) in [5.41, 5.74) is 2.93. The average Bonchev–Trinajstić information content (AvgIpc) is 2.35. The molecule has 1 aromatic rings. The molecule has 0 aliphatic carbocycles. The van der Waals surface area contributed by atoms with Gasteiger partial charge in [-0.25, -0.2) is 0 Å². The molecular formula is C15H26N2. The lowest BCUT2D eigenvalue weighted by Gasteiger charge is -2.24. The van der Waals surface area contributed by atoms with Crippen LogP contribution in [-0.4, -0.2) is 12.1 Å². The van der Waals surface area contributed by atoms with Gasteiger partial charge < -0.3 is 10.6 Å². The van der Waals surface area contributed by atoms with Crippen molar-refractivity contribution in [2.45, 2.75) is 52.7 Å². The van der Waals surface area contributed by atoms with Gasteiger partial charge in [-0.05, 0) is 37.9 Å². The fourth-order valence-corrected chi connectivity index (χ4v) is 1.51. The molecule has 2 heteroatoms. The average molecular weight is 234 g/mol. The van der Waals surface area contributed by atoms with Gasteiger partial charge in [0, 0.05) is 18.6 Å². The Labute approximate surface area is 106 Å². The standard InChI is InChI=1S/C15H26N2/c1-5-15(3,4)17-12-14-9-7-13(8-10-14)11-16-6-2/h7-10,16-17H,5-6,11-12H2,1-4H3. The third-order valence-electron chi connectivity index (χ3n) is 3.26. The number of nitrogens with one attached hydrogen (secondary N) is 2. The van der Waals surface area contributed by atoms with Crippen LogP contribution in [0.2, 0.25) is 0 Å². The Bertz CT molecular complexity index is 314. The van der Waals surface area contributed by atoms with E-state index in [0.29, 0.717) is 0 Å². The van der Waals surface area contributed by atoms with E-state index in [-0.39, 0.29) is 5.54 Å². The summed E-state index contributed by atoms with van der Waals surface area (Å²) in [6.07, 6.45) is 1.14. The normalized spacial score (nSPS) is 11.8. The molecule has 96 valence electrons. The SMILES string of the molecule is CCNCc1ccc(CNC(C)(C)CC)cc1. The molecule has 0 amide bonds. The summed E-state index contributed by atoms with van der Waals surface area (Å²) in [6, 6.07) is 8.84. The van der Waals surface area contributed by atoms with Gasteiger partial charge in [0.15, 0.2) is 0 Å². The number of hydrogen-bond acceptors (Lipinski definition) is 2. The Hall–Kier alpha value is -0.860. The Morgan fingerprint density at radius 1 is 0.941 bits per heavy atom. The second kappa shape index (κ2) is 6.77. The molecule has 0 unspecified atom stereocenters. The van der Waals surface area contributed by atoms with E-state index in [1.807, 2.05) is 0 Å². The highest BCUT2D eigenvalue weighted by Crippen LogP contribution is 2.10. The highest BCUT2D eigenvalue weighted by molar-refractivity contribution is 5.22. The lowest BCUT2D eigenvalue weighted by molar-refractivity contribution is 0.374. The van der Waals surface area contributed by atoms with E-state index >= 15 is 0 Å². The summed E-state index contributed by atoms with van der Waals surface area (Å²) < 4.78 is 0. The molecule has 0 spiro atoms. The summed E-state index contributed by atoms with van der Waals surface area (Å²) in [4.78, 5) is 0. The lowest BCUT2D eigenvalue weighted by atomic mass is 10.0. The summed E-state index contributed by atoms with van der Waals surface area (Å²) in [7, 11) is 0. The van der Waals surface area contributed by atoms with Crippen molar-refractivity contribution in [2.24, 2.45) is 0 Å². The van der Waals surface area contributed by atoms with Crippen LogP contribution in [-0.2, 0) is 13.1 Å². The van der Waals surface area contributed by atoms with Crippen LogP contribution in [0, 0.1) is 0 Å². The number of benzene rings is 1. The van der Waals surface area contributed by atoms with Crippen LogP contribution in [0.15, 0.2) is 24.3 Å². The quantitative estimate of drug-likeness (QED) is 0.757. The van der Waals surface area contributed by atoms with Crippen LogP contribution in [0.5, 0.6) is 0 Å².